The van der Waals surface area contributed by atoms with Crippen LogP contribution in [0.1, 0.15) is 52.4 Å². The van der Waals surface area contributed by atoms with E-state index in [2.05, 4.69) is 25.3 Å². The van der Waals surface area contributed by atoms with Gasteiger partial charge in [0.25, 0.3) is 0 Å². The lowest BCUT2D eigenvalue weighted by molar-refractivity contribution is -0.227. The maximum absolute atomic E-state index is 11.5. The van der Waals surface area contributed by atoms with E-state index in [1.807, 2.05) is 0 Å². The fourth-order valence-corrected chi connectivity index (χ4v) is 10.1. The van der Waals surface area contributed by atoms with Gasteiger partial charge in [0, 0.05) is 29.8 Å². The van der Waals surface area contributed by atoms with Crippen molar-refractivity contribution in [2.75, 3.05) is 13.1 Å². The predicted molar refractivity (Wildman–Crippen MR) is 96.8 cm³/mol. The van der Waals surface area contributed by atoms with Crippen LogP contribution in [0.3, 0.4) is 0 Å². The summed E-state index contributed by atoms with van der Waals surface area (Å²) >= 11 is 0. The molecule has 7 fully saturated rings. The molecular formula is C22H33NO2. The summed E-state index contributed by atoms with van der Waals surface area (Å²) in [5, 5.41) is 22.9. The minimum absolute atomic E-state index is 0.0809. The highest BCUT2D eigenvalue weighted by Crippen LogP contribution is 2.83. The maximum atomic E-state index is 11.5. The van der Waals surface area contributed by atoms with Crippen molar-refractivity contribution in [3.05, 3.63) is 12.2 Å². The highest BCUT2D eigenvalue weighted by molar-refractivity contribution is 5.38. The Balaban J connectivity index is 1.60. The first-order chi connectivity index (χ1) is 11.9. The van der Waals surface area contributed by atoms with Gasteiger partial charge >= 0.3 is 0 Å². The molecule has 1 saturated heterocycles. The van der Waals surface area contributed by atoms with Crippen molar-refractivity contribution in [3.8, 4) is 0 Å². The highest BCUT2D eigenvalue weighted by Gasteiger charge is 2.84. The summed E-state index contributed by atoms with van der Waals surface area (Å²) in [6, 6.07) is 0.592. The van der Waals surface area contributed by atoms with Gasteiger partial charge in [0.1, 0.15) is 0 Å². The molecule has 6 saturated carbocycles. The summed E-state index contributed by atoms with van der Waals surface area (Å²) < 4.78 is 0. The van der Waals surface area contributed by atoms with Crippen LogP contribution in [0.4, 0.5) is 0 Å². The lowest BCUT2D eigenvalue weighted by atomic mass is 9.39. The second-order valence-corrected chi connectivity index (χ2v) is 10.7. The number of hydrogen-bond acceptors (Lipinski definition) is 3. The van der Waals surface area contributed by atoms with E-state index in [0.717, 1.165) is 30.9 Å². The monoisotopic (exact) mass is 343 g/mol. The molecule has 3 heteroatoms. The van der Waals surface area contributed by atoms with E-state index in [1.54, 1.807) is 0 Å². The van der Waals surface area contributed by atoms with Gasteiger partial charge < -0.3 is 10.2 Å². The molecule has 7 rings (SSSR count). The predicted octanol–water partition coefficient (Wildman–Crippen LogP) is 2.82. The van der Waals surface area contributed by atoms with Crippen LogP contribution in [0.15, 0.2) is 12.2 Å². The molecule has 0 amide bonds. The molecule has 1 unspecified atom stereocenters. The number of nitrogens with zero attached hydrogens (tertiary/aromatic N) is 1. The summed E-state index contributed by atoms with van der Waals surface area (Å²) in [5.41, 5.74) is 1.54. The molecule has 10 atom stereocenters. The van der Waals surface area contributed by atoms with E-state index < -0.39 is 0 Å². The van der Waals surface area contributed by atoms with Crippen LogP contribution in [-0.4, -0.2) is 46.5 Å². The van der Waals surface area contributed by atoms with Crippen LogP contribution >= 0.6 is 0 Å². The van der Waals surface area contributed by atoms with Gasteiger partial charge in [0.05, 0.1) is 12.2 Å². The molecule has 25 heavy (non-hydrogen) atoms. The quantitative estimate of drug-likeness (QED) is 0.720. The summed E-state index contributed by atoms with van der Waals surface area (Å²) in [6.45, 7) is 11.5. The van der Waals surface area contributed by atoms with Gasteiger partial charge in [-0.25, -0.2) is 0 Å². The molecule has 0 aromatic rings. The third-order valence-corrected chi connectivity index (χ3v) is 10.5. The zero-order chi connectivity index (χ0) is 17.4. The number of aliphatic hydroxyl groups is 2. The van der Waals surface area contributed by atoms with Gasteiger partial charge in [-0.2, -0.15) is 0 Å². The zero-order valence-electron chi connectivity index (χ0n) is 15.7. The molecule has 0 aromatic carbocycles. The van der Waals surface area contributed by atoms with E-state index in [-0.39, 0.29) is 29.0 Å². The normalized spacial score (nSPS) is 64.6. The van der Waals surface area contributed by atoms with Crippen molar-refractivity contribution < 1.29 is 10.2 Å². The van der Waals surface area contributed by atoms with Crippen molar-refractivity contribution in [1.29, 1.82) is 0 Å². The van der Waals surface area contributed by atoms with E-state index >= 15 is 0 Å². The van der Waals surface area contributed by atoms with Crippen LogP contribution in [-0.2, 0) is 0 Å². The summed E-state index contributed by atoms with van der Waals surface area (Å²) in [6.07, 6.45) is 6.75. The summed E-state index contributed by atoms with van der Waals surface area (Å²) in [7, 11) is 0. The van der Waals surface area contributed by atoms with Crippen molar-refractivity contribution in [3.63, 3.8) is 0 Å². The van der Waals surface area contributed by atoms with Gasteiger partial charge in [0.15, 0.2) is 0 Å². The van der Waals surface area contributed by atoms with Crippen molar-refractivity contribution in [2.24, 2.45) is 39.9 Å². The fraction of sp³-hybridized carbons (Fsp3) is 0.909. The molecule has 0 aromatic heterocycles. The lowest BCUT2D eigenvalue weighted by Crippen LogP contribution is -2.69. The van der Waals surface area contributed by atoms with Crippen LogP contribution in [0.2, 0.25) is 0 Å². The molecule has 1 aliphatic heterocycles. The first-order valence-electron chi connectivity index (χ1n) is 10.7. The molecule has 3 nitrogen and oxygen atoms in total. The zero-order valence-corrected chi connectivity index (χ0v) is 15.7. The van der Waals surface area contributed by atoms with Crippen LogP contribution in [0.25, 0.3) is 0 Å². The highest BCUT2D eigenvalue weighted by atomic mass is 16.3. The number of likely N-dealkylation sites (tertiary alicyclic amines) is 1. The van der Waals surface area contributed by atoms with Crippen LogP contribution in [0.5, 0.6) is 0 Å². The van der Waals surface area contributed by atoms with E-state index in [1.165, 1.54) is 32.2 Å². The Labute approximate surface area is 151 Å². The standard InChI is InChI=1S/C22H33NO2/c1-4-23-11-20(3)7-5-8-22-15(20)10-14(18(22)23)21-9-6-13(12(2)19(21)25)16(24)17(21)22/h13-19,24-25H,2,4-11H2,1,3H3/t13-,14?,15-,16+,17-,18-,19-,20+,21+,22+/m1/s1. The molecule has 0 radical (unpaired) electrons. The maximum Gasteiger partial charge on any atom is 0.0814 e. The Hall–Kier alpha value is -0.380. The number of rotatable bonds is 1. The van der Waals surface area contributed by atoms with E-state index in [9.17, 15) is 10.2 Å². The number of fused-ring (bicyclic) bond motifs is 2. The van der Waals surface area contributed by atoms with Crippen LogP contribution < -0.4 is 0 Å². The second-order valence-electron chi connectivity index (χ2n) is 10.7. The Morgan fingerprint density at radius 2 is 2.00 bits per heavy atom. The molecule has 1 heterocycles. The molecule has 138 valence electrons. The van der Waals surface area contributed by atoms with Crippen molar-refractivity contribution >= 4 is 0 Å². The Kier molecular flexibility index (Phi) is 2.73. The van der Waals surface area contributed by atoms with Gasteiger partial charge in [-0.3, -0.25) is 4.90 Å². The Morgan fingerprint density at radius 3 is 2.76 bits per heavy atom. The first kappa shape index (κ1) is 15.7. The van der Waals surface area contributed by atoms with Gasteiger partial charge in [0.2, 0.25) is 0 Å². The van der Waals surface area contributed by atoms with Gasteiger partial charge in [-0.15, -0.1) is 0 Å². The third kappa shape index (κ3) is 1.34. The molecule has 7 bridgehead atoms. The average Bonchev–Trinajstić information content (AvgIpc) is 2.99. The molecule has 7 aliphatic rings. The van der Waals surface area contributed by atoms with Crippen molar-refractivity contribution in [2.45, 2.75) is 70.6 Å². The minimum atomic E-state index is -0.377. The number of piperidine rings is 1. The molecular weight excluding hydrogens is 310 g/mol. The second kappa shape index (κ2) is 4.36. The topological polar surface area (TPSA) is 43.7 Å². The smallest absolute Gasteiger partial charge is 0.0814 e. The van der Waals surface area contributed by atoms with Crippen LogP contribution in [0, 0.1) is 39.9 Å². The minimum Gasteiger partial charge on any atom is -0.392 e. The third-order valence-electron chi connectivity index (χ3n) is 10.5. The number of aliphatic hydroxyl groups excluding tert-OH is 2. The Bertz CT molecular complexity index is 662. The van der Waals surface area contributed by atoms with Crippen molar-refractivity contribution in [1.82, 2.24) is 4.90 Å². The number of hydrogen-bond donors (Lipinski definition) is 2. The first-order valence-corrected chi connectivity index (χ1v) is 10.7. The summed E-state index contributed by atoms with van der Waals surface area (Å²) in [5.74, 6) is 1.77. The van der Waals surface area contributed by atoms with Gasteiger partial charge in [-0.05, 0) is 66.9 Å². The van der Waals surface area contributed by atoms with E-state index in [0.29, 0.717) is 23.3 Å². The largest absolute Gasteiger partial charge is 0.392 e. The SMILES string of the molecule is C=C1[C@H]2CC[C@@]3(C4C[C@@H]5[C@@]6(C)CCC[C@]5([C@@H]3[C@H]2O)[C@@H]4N(CC)C6)[C@@H]1O. The van der Waals surface area contributed by atoms with E-state index in [4.69, 9.17) is 0 Å². The molecule has 6 aliphatic carbocycles. The fourth-order valence-electron chi connectivity index (χ4n) is 10.1. The lowest BCUT2D eigenvalue weighted by Gasteiger charge is -2.68. The molecule has 2 N–H and O–H groups in total. The molecule has 2 spiro atoms. The average molecular weight is 344 g/mol. The summed E-state index contributed by atoms with van der Waals surface area (Å²) in [4.78, 5) is 2.77. The Morgan fingerprint density at radius 1 is 1.20 bits per heavy atom. The van der Waals surface area contributed by atoms with Gasteiger partial charge in [-0.1, -0.05) is 26.8 Å².